The van der Waals surface area contributed by atoms with Crippen LogP contribution in [-0.4, -0.2) is 31.7 Å². The van der Waals surface area contributed by atoms with Crippen molar-refractivity contribution in [1.82, 2.24) is 4.31 Å². The Hall–Kier alpha value is -1.67. The lowest BCUT2D eigenvalue weighted by Crippen LogP contribution is -2.44. The zero-order chi connectivity index (χ0) is 15.8. The molecule has 1 aromatic carbocycles. The molecule has 0 saturated carbocycles. The van der Waals surface area contributed by atoms with Crippen LogP contribution >= 0.6 is 0 Å². The normalized spacial score (nSPS) is 20.4. The molecule has 0 aliphatic carbocycles. The number of halogens is 1. The smallest absolute Gasteiger partial charge is 0.246 e. The lowest BCUT2D eigenvalue weighted by molar-refractivity contribution is -0.122. The lowest BCUT2D eigenvalue weighted by atomic mass is 9.99. The molecular formula is C13H18FN3O3S. The van der Waals surface area contributed by atoms with E-state index < -0.39 is 32.6 Å². The van der Waals surface area contributed by atoms with Crippen LogP contribution in [-0.2, 0) is 14.8 Å². The Morgan fingerprint density at radius 1 is 1.43 bits per heavy atom. The molecule has 1 aliphatic heterocycles. The number of nitrogens with zero attached hydrogens (tertiary/aromatic N) is 1. The Kier molecular flexibility index (Phi) is 4.20. The maximum absolute atomic E-state index is 14.1. The molecule has 1 amide bonds. The topological polar surface area (TPSA) is 106 Å². The molecule has 1 fully saturated rings. The number of anilines is 1. The van der Waals surface area contributed by atoms with Crippen molar-refractivity contribution in [1.29, 1.82) is 0 Å². The number of hydrogen-bond donors (Lipinski definition) is 2. The van der Waals surface area contributed by atoms with Gasteiger partial charge in [0.25, 0.3) is 0 Å². The Balaban J connectivity index is 2.40. The van der Waals surface area contributed by atoms with Crippen molar-refractivity contribution in [3.63, 3.8) is 0 Å². The van der Waals surface area contributed by atoms with E-state index in [0.717, 1.165) is 10.4 Å². The van der Waals surface area contributed by atoms with Crippen molar-refractivity contribution < 1.29 is 17.6 Å². The van der Waals surface area contributed by atoms with Crippen molar-refractivity contribution in [3.8, 4) is 0 Å². The van der Waals surface area contributed by atoms with Gasteiger partial charge < -0.3 is 11.5 Å². The third kappa shape index (κ3) is 3.01. The summed E-state index contributed by atoms with van der Waals surface area (Å²) in [7, 11) is -4.03. The third-order valence-corrected chi connectivity index (χ3v) is 5.51. The van der Waals surface area contributed by atoms with Crippen molar-refractivity contribution in [2.24, 2.45) is 11.7 Å². The fraction of sp³-hybridized carbons (Fsp3) is 0.462. The zero-order valence-electron chi connectivity index (χ0n) is 11.7. The van der Waals surface area contributed by atoms with Gasteiger partial charge in [0.2, 0.25) is 15.9 Å². The molecule has 0 radical (unpaired) electrons. The van der Waals surface area contributed by atoms with Crippen LogP contribution in [0.1, 0.15) is 18.4 Å². The Morgan fingerprint density at radius 2 is 2.10 bits per heavy atom. The molecule has 2 rings (SSSR count). The largest absolute Gasteiger partial charge is 0.399 e. The summed E-state index contributed by atoms with van der Waals surface area (Å²) in [5.74, 6) is -1.90. The summed E-state index contributed by atoms with van der Waals surface area (Å²) in [4.78, 5) is 10.8. The van der Waals surface area contributed by atoms with Crippen molar-refractivity contribution in [2.45, 2.75) is 24.7 Å². The summed E-state index contributed by atoms with van der Waals surface area (Å²) in [5, 5.41) is 0. The van der Waals surface area contributed by atoms with E-state index in [0.29, 0.717) is 12.8 Å². The SMILES string of the molecule is Cc1cc(N)cc(S(=O)(=O)N2CCCC(C(N)=O)C2)c1F. The number of aryl methyl sites for hydroxylation is 1. The van der Waals surface area contributed by atoms with E-state index in [1.54, 1.807) is 0 Å². The summed E-state index contributed by atoms with van der Waals surface area (Å²) in [6.45, 7) is 1.66. The molecule has 0 spiro atoms. The molecule has 1 aliphatic rings. The summed E-state index contributed by atoms with van der Waals surface area (Å²) in [5.41, 5.74) is 11.2. The van der Waals surface area contributed by atoms with E-state index in [-0.39, 0.29) is 24.3 Å². The quantitative estimate of drug-likeness (QED) is 0.797. The van der Waals surface area contributed by atoms with Gasteiger partial charge in [0.15, 0.2) is 0 Å². The maximum Gasteiger partial charge on any atom is 0.246 e. The predicted molar refractivity (Wildman–Crippen MR) is 76.2 cm³/mol. The highest BCUT2D eigenvalue weighted by molar-refractivity contribution is 7.89. The molecule has 0 aromatic heterocycles. The van der Waals surface area contributed by atoms with Crippen LogP contribution < -0.4 is 11.5 Å². The number of sulfonamides is 1. The first-order chi connectivity index (χ1) is 9.73. The molecule has 1 atom stereocenters. The average Bonchev–Trinajstić information content (AvgIpc) is 2.42. The average molecular weight is 315 g/mol. The van der Waals surface area contributed by atoms with Gasteiger partial charge in [-0.05, 0) is 37.5 Å². The molecular weight excluding hydrogens is 297 g/mol. The van der Waals surface area contributed by atoms with Gasteiger partial charge in [0.05, 0.1) is 5.92 Å². The van der Waals surface area contributed by atoms with Crippen LogP contribution in [0.5, 0.6) is 0 Å². The van der Waals surface area contributed by atoms with Gasteiger partial charge in [0.1, 0.15) is 10.7 Å². The highest BCUT2D eigenvalue weighted by atomic mass is 32.2. The number of nitrogens with two attached hydrogens (primary N) is 2. The monoisotopic (exact) mass is 315 g/mol. The standard InChI is InChI=1S/C13H18FN3O3S/c1-8-5-10(15)6-11(12(8)14)21(19,20)17-4-2-3-9(7-17)13(16)18/h5-6,9H,2-4,7,15H2,1H3,(H2,16,18). The van der Waals surface area contributed by atoms with E-state index in [1.165, 1.54) is 13.0 Å². The molecule has 21 heavy (non-hydrogen) atoms. The minimum atomic E-state index is -4.03. The highest BCUT2D eigenvalue weighted by Crippen LogP contribution is 2.28. The number of carbonyl (C=O) groups is 1. The summed E-state index contributed by atoms with van der Waals surface area (Å²) >= 11 is 0. The molecule has 1 saturated heterocycles. The number of hydrogen-bond acceptors (Lipinski definition) is 4. The minimum Gasteiger partial charge on any atom is -0.399 e. The van der Waals surface area contributed by atoms with Crippen LogP contribution in [0.15, 0.2) is 17.0 Å². The molecule has 6 nitrogen and oxygen atoms in total. The third-order valence-electron chi connectivity index (χ3n) is 3.65. The highest BCUT2D eigenvalue weighted by Gasteiger charge is 2.34. The van der Waals surface area contributed by atoms with Crippen LogP contribution in [0.4, 0.5) is 10.1 Å². The maximum atomic E-state index is 14.1. The first-order valence-corrected chi connectivity index (χ1v) is 8.02. The minimum absolute atomic E-state index is 0.0229. The molecule has 4 N–H and O–H groups in total. The second-order valence-corrected chi connectivity index (χ2v) is 7.16. The van der Waals surface area contributed by atoms with Crippen LogP contribution in [0, 0.1) is 18.7 Å². The van der Waals surface area contributed by atoms with Gasteiger partial charge in [-0.2, -0.15) is 4.31 Å². The Bertz CT molecular complexity index is 675. The Labute approximate surface area is 123 Å². The number of primary amides is 1. The van der Waals surface area contributed by atoms with Crippen LogP contribution in [0.3, 0.4) is 0 Å². The summed E-state index contributed by atoms with van der Waals surface area (Å²) in [6.07, 6.45) is 1.05. The molecule has 1 heterocycles. The van der Waals surface area contributed by atoms with Crippen molar-refractivity contribution in [2.75, 3.05) is 18.8 Å². The summed E-state index contributed by atoms with van der Waals surface area (Å²) in [6, 6.07) is 2.47. The van der Waals surface area contributed by atoms with E-state index in [4.69, 9.17) is 11.5 Å². The van der Waals surface area contributed by atoms with Gasteiger partial charge in [-0.3, -0.25) is 4.79 Å². The number of amides is 1. The lowest BCUT2D eigenvalue weighted by Gasteiger charge is -2.30. The molecule has 0 bridgehead atoms. The fourth-order valence-corrected chi connectivity index (χ4v) is 4.18. The molecule has 8 heteroatoms. The molecule has 1 unspecified atom stereocenters. The molecule has 116 valence electrons. The van der Waals surface area contributed by atoms with E-state index in [2.05, 4.69) is 0 Å². The van der Waals surface area contributed by atoms with Crippen LogP contribution in [0.2, 0.25) is 0 Å². The fourth-order valence-electron chi connectivity index (χ4n) is 2.48. The first kappa shape index (κ1) is 15.7. The number of rotatable bonds is 3. The first-order valence-electron chi connectivity index (χ1n) is 6.58. The second kappa shape index (κ2) is 5.61. The Morgan fingerprint density at radius 3 is 2.71 bits per heavy atom. The number of benzene rings is 1. The predicted octanol–water partition coefficient (Wildman–Crippen LogP) is 0.602. The number of carbonyl (C=O) groups excluding carboxylic acids is 1. The van der Waals surface area contributed by atoms with Gasteiger partial charge in [-0.15, -0.1) is 0 Å². The van der Waals surface area contributed by atoms with Crippen molar-refractivity contribution in [3.05, 3.63) is 23.5 Å². The van der Waals surface area contributed by atoms with Crippen LogP contribution in [0.25, 0.3) is 0 Å². The zero-order valence-corrected chi connectivity index (χ0v) is 12.5. The van der Waals surface area contributed by atoms with Gasteiger partial charge in [-0.1, -0.05) is 0 Å². The van der Waals surface area contributed by atoms with Crippen molar-refractivity contribution >= 4 is 21.6 Å². The van der Waals surface area contributed by atoms with E-state index in [9.17, 15) is 17.6 Å². The van der Waals surface area contributed by atoms with Gasteiger partial charge in [-0.25, -0.2) is 12.8 Å². The van der Waals surface area contributed by atoms with Gasteiger partial charge in [0, 0.05) is 18.8 Å². The number of piperidine rings is 1. The van der Waals surface area contributed by atoms with Gasteiger partial charge >= 0.3 is 0 Å². The molecule has 1 aromatic rings. The van der Waals surface area contributed by atoms with E-state index in [1.807, 2.05) is 0 Å². The second-order valence-electron chi connectivity index (χ2n) is 5.25. The number of nitrogen functional groups attached to an aromatic ring is 1. The van der Waals surface area contributed by atoms with E-state index >= 15 is 0 Å². The summed E-state index contributed by atoms with van der Waals surface area (Å²) < 4.78 is 40.4.